The van der Waals surface area contributed by atoms with Crippen LogP contribution in [-0.2, 0) is 6.54 Å². The fourth-order valence-electron chi connectivity index (χ4n) is 2.45. The van der Waals surface area contributed by atoms with Crippen molar-refractivity contribution in [1.29, 1.82) is 0 Å². The summed E-state index contributed by atoms with van der Waals surface area (Å²) in [4.78, 5) is 2.44. The number of hydrogen-bond acceptors (Lipinski definition) is 4. The second kappa shape index (κ2) is 6.35. The first kappa shape index (κ1) is 13.5. The minimum atomic E-state index is 0.731. The van der Waals surface area contributed by atoms with Gasteiger partial charge in [-0.3, -0.25) is 4.90 Å². The van der Waals surface area contributed by atoms with Crippen molar-refractivity contribution in [3.05, 3.63) is 41.2 Å². The maximum absolute atomic E-state index is 5.93. The van der Waals surface area contributed by atoms with Gasteiger partial charge in [-0.25, -0.2) is 4.68 Å². The van der Waals surface area contributed by atoms with Gasteiger partial charge in [-0.2, -0.15) is 0 Å². The van der Waals surface area contributed by atoms with Gasteiger partial charge in [-0.1, -0.05) is 16.8 Å². The van der Waals surface area contributed by atoms with Crippen molar-refractivity contribution < 1.29 is 0 Å². The first-order valence-electron chi connectivity index (χ1n) is 6.91. The van der Waals surface area contributed by atoms with Crippen LogP contribution < -0.4 is 5.32 Å². The van der Waals surface area contributed by atoms with E-state index >= 15 is 0 Å². The molecule has 1 saturated heterocycles. The molecule has 0 atom stereocenters. The predicted octanol–water partition coefficient (Wildman–Crippen LogP) is 1.72. The van der Waals surface area contributed by atoms with Crippen LogP contribution in [0.25, 0.3) is 5.69 Å². The Morgan fingerprint density at radius 1 is 1.15 bits per heavy atom. The molecule has 1 aromatic carbocycles. The molecular formula is C14H18ClN5. The molecule has 1 aliphatic rings. The monoisotopic (exact) mass is 291 g/mol. The summed E-state index contributed by atoms with van der Waals surface area (Å²) in [6.45, 7) is 5.19. The maximum atomic E-state index is 5.93. The molecule has 3 rings (SSSR count). The third kappa shape index (κ3) is 3.17. The van der Waals surface area contributed by atoms with Crippen LogP contribution in [0.1, 0.15) is 12.1 Å². The summed E-state index contributed by atoms with van der Waals surface area (Å²) >= 11 is 5.93. The molecule has 1 N–H and O–H groups in total. The Balaban J connectivity index is 1.77. The summed E-state index contributed by atoms with van der Waals surface area (Å²) in [5.74, 6) is 0. The van der Waals surface area contributed by atoms with Crippen molar-refractivity contribution in [2.75, 3.05) is 26.2 Å². The number of hydrogen-bond donors (Lipinski definition) is 1. The molecule has 106 valence electrons. The largest absolute Gasteiger partial charge is 0.315 e. The molecule has 2 heterocycles. The Bertz CT molecular complexity index is 543. The van der Waals surface area contributed by atoms with E-state index in [-0.39, 0.29) is 0 Å². The number of aromatic nitrogens is 3. The van der Waals surface area contributed by atoms with Gasteiger partial charge in [0, 0.05) is 24.7 Å². The van der Waals surface area contributed by atoms with E-state index in [9.17, 15) is 0 Å². The molecule has 0 saturated carbocycles. The highest BCUT2D eigenvalue weighted by atomic mass is 35.5. The lowest BCUT2D eigenvalue weighted by Crippen LogP contribution is -2.28. The standard InChI is InChI=1S/C14H18ClN5/c15-12-2-4-13(5-3-12)20-14(10-17-18-20)11-19-8-1-6-16-7-9-19/h2-5,10,16H,1,6-9,11H2. The van der Waals surface area contributed by atoms with Crippen LogP contribution in [0.3, 0.4) is 0 Å². The number of nitrogens with one attached hydrogen (secondary N) is 1. The smallest absolute Gasteiger partial charge is 0.0786 e. The van der Waals surface area contributed by atoms with E-state index in [1.807, 2.05) is 35.1 Å². The zero-order valence-corrected chi connectivity index (χ0v) is 12.1. The zero-order chi connectivity index (χ0) is 13.8. The lowest BCUT2D eigenvalue weighted by atomic mass is 10.3. The molecule has 2 aromatic rings. The Morgan fingerprint density at radius 2 is 2.00 bits per heavy atom. The van der Waals surface area contributed by atoms with E-state index in [0.717, 1.165) is 49.1 Å². The van der Waals surface area contributed by atoms with E-state index in [0.29, 0.717) is 0 Å². The molecule has 1 aromatic heterocycles. The van der Waals surface area contributed by atoms with Crippen LogP contribution in [0, 0.1) is 0 Å². The van der Waals surface area contributed by atoms with Crippen molar-refractivity contribution >= 4 is 11.6 Å². The van der Waals surface area contributed by atoms with Crippen LogP contribution in [0.15, 0.2) is 30.5 Å². The molecule has 0 radical (unpaired) electrons. The molecule has 0 bridgehead atoms. The second-order valence-electron chi connectivity index (χ2n) is 4.99. The Kier molecular flexibility index (Phi) is 4.30. The van der Waals surface area contributed by atoms with E-state index in [1.165, 1.54) is 6.42 Å². The summed E-state index contributed by atoms with van der Waals surface area (Å²) in [6, 6.07) is 7.67. The number of benzene rings is 1. The molecule has 0 unspecified atom stereocenters. The van der Waals surface area contributed by atoms with E-state index in [1.54, 1.807) is 0 Å². The Labute approximate surface area is 123 Å². The van der Waals surface area contributed by atoms with E-state index in [2.05, 4.69) is 20.5 Å². The van der Waals surface area contributed by atoms with Crippen LogP contribution >= 0.6 is 11.6 Å². The quantitative estimate of drug-likeness (QED) is 0.935. The van der Waals surface area contributed by atoms with Crippen LogP contribution in [0.4, 0.5) is 0 Å². The summed E-state index contributed by atoms with van der Waals surface area (Å²) in [5, 5.41) is 12.4. The van der Waals surface area contributed by atoms with Gasteiger partial charge in [0.25, 0.3) is 0 Å². The van der Waals surface area contributed by atoms with Crippen molar-refractivity contribution in [1.82, 2.24) is 25.2 Å². The summed E-state index contributed by atoms with van der Waals surface area (Å²) in [5.41, 5.74) is 2.10. The fraction of sp³-hybridized carbons (Fsp3) is 0.429. The van der Waals surface area contributed by atoms with Crippen LogP contribution in [0.5, 0.6) is 0 Å². The Morgan fingerprint density at radius 3 is 2.85 bits per heavy atom. The number of nitrogens with zero attached hydrogens (tertiary/aromatic N) is 4. The van der Waals surface area contributed by atoms with Gasteiger partial charge in [-0.05, 0) is 43.8 Å². The van der Waals surface area contributed by atoms with Gasteiger partial charge in [0.15, 0.2) is 0 Å². The molecule has 5 nitrogen and oxygen atoms in total. The van der Waals surface area contributed by atoms with Gasteiger partial charge >= 0.3 is 0 Å². The minimum Gasteiger partial charge on any atom is -0.315 e. The topological polar surface area (TPSA) is 46.0 Å². The van der Waals surface area contributed by atoms with Gasteiger partial charge in [-0.15, -0.1) is 5.10 Å². The van der Waals surface area contributed by atoms with Gasteiger partial charge in [0.05, 0.1) is 17.6 Å². The molecule has 6 heteroatoms. The second-order valence-corrected chi connectivity index (χ2v) is 5.43. The molecule has 20 heavy (non-hydrogen) atoms. The highest BCUT2D eigenvalue weighted by molar-refractivity contribution is 6.30. The average Bonchev–Trinajstić information content (AvgIpc) is 2.75. The maximum Gasteiger partial charge on any atom is 0.0786 e. The van der Waals surface area contributed by atoms with Crippen molar-refractivity contribution in [2.24, 2.45) is 0 Å². The van der Waals surface area contributed by atoms with Crippen molar-refractivity contribution in [2.45, 2.75) is 13.0 Å². The molecular weight excluding hydrogens is 274 g/mol. The van der Waals surface area contributed by atoms with Crippen LogP contribution in [0.2, 0.25) is 5.02 Å². The SMILES string of the molecule is Clc1ccc(-n2nncc2CN2CCCNCC2)cc1. The minimum absolute atomic E-state index is 0.731. The molecule has 0 spiro atoms. The Hall–Kier alpha value is -1.43. The van der Waals surface area contributed by atoms with Crippen molar-refractivity contribution in [3.8, 4) is 5.69 Å². The highest BCUT2D eigenvalue weighted by Gasteiger charge is 2.13. The summed E-state index contributed by atoms with van der Waals surface area (Å²) in [7, 11) is 0. The molecule has 1 aliphatic heterocycles. The predicted molar refractivity (Wildman–Crippen MR) is 79.1 cm³/mol. The molecule has 0 aliphatic carbocycles. The number of halogens is 1. The number of rotatable bonds is 3. The van der Waals surface area contributed by atoms with Gasteiger partial charge in [0.2, 0.25) is 0 Å². The van der Waals surface area contributed by atoms with E-state index in [4.69, 9.17) is 11.6 Å². The highest BCUT2D eigenvalue weighted by Crippen LogP contribution is 2.15. The normalized spacial score (nSPS) is 17.1. The van der Waals surface area contributed by atoms with E-state index < -0.39 is 0 Å². The van der Waals surface area contributed by atoms with Gasteiger partial charge in [0.1, 0.15) is 0 Å². The lowest BCUT2D eigenvalue weighted by Gasteiger charge is -2.19. The third-order valence-electron chi connectivity index (χ3n) is 3.51. The van der Waals surface area contributed by atoms with Crippen LogP contribution in [-0.4, -0.2) is 46.1 Å². The molecule has 0 amide bonds. The summed E-state index contributed by atoms with van der Waals surface area (Å²) < 4.78 is 1.88. The zero-order valence-electron chi connectivity index (χ0n) is 11.3. The first-order chi connectivity index (χ1) is 9.83. The lowest BCUT2D eigenvalue weighted by molar-refractivity contribution is 0.278. The fourth-order valence-corrected chi connectivity index (χ4v) is 2.58. The van der Waals surface area contributed by atoms with Gasteiger partial charge < -0.3 is 5.32 Å². The molecule has 1 fully saturated rings. The first-order valence-corrected chi connectivity index (χ1v) is 7.29. The average molecular weight is 292 g/mol. The van der Waals surface area contributed by atoms with Crippen molar-refractivity contribution in [3.63, 3.8) is 0 Å². The summed E-state index contributed by atoms with van der Waals surface area (Å²) in [6.07, 6.45) is 3.02. The third-order valence-corrected chi connectivity index (χ3v) is 3.76.